The average Bonchev–Trinajstić information content (AvgIpc) is 2.80. The quantitative estimate of drug-likeness (QED) is 0.703. The maximum Gasteiger partial charge on any atom is 0.229 e. The average molecular weight is 407 g/mol. The van der Waals surface area contributed by atoms with Crippen LogP contribution in [0.4, 0.5) is 11.4 Å². The number of hydrogen-bond donors (Lipinski definition) is 2. The molecule has 0 saturated carbocycles. The van der Waals surface area contributed by atoms with Crippen LogP contribution < -0.4 is 10.0 Å². The lowest BCUT2D eigenvalue weighted by atomic mass is 10.1. The van der Waals surface area contributed by atoms with Crippen molar-refractivity contribution in [3.05, 3.63) is 40.7 Å². The summed E-state index contributed by atoms with van der Waals surface area (Å²) in [6.45, 7) is 11.0. The molecule has 0 aliphatic heterocycles. The Labute approximate surface area is 167 Å². The van der Waals surface area contributed by atoms with Gasteiger partial charge in [-0.25, -0.2) is 8.42 Å². The minimum atomic E-state index is -3.38. The molecule has 1 amide bonds. The highest BCUT2D eigenvalue weighted by molar-refractivity contribution is 7.92. The van der Waals surface area contributed by atoms with Gasteiger partial charge in [0.2, 0.25) is 15.9 Å². The highest BCUT2D eigenvalue weighted by atomic mass is 32.2. The molecule has 0 aliphatic rings. The highest BCUT2D eigenvalue weighted by Crippen LogP contribution is 2.22. The van der Waals surface area contributed by atoms with Crippen LogP contribution in [0.3, 0.4) is 0 Å². The number of anilines is 2. The van der Waals surface area contributed by atoms with Crippen molar-refractivity contribution in [1.29, 1.82) is 0 Å². The van der Waals surface area contributed by atoms with Gasteiger partial charge >= 0.3 is 0 Å². The number of amides is 1. The summed E-state index contributed by atoms with van der Waals surface area (Å²) in [5.41, 5.74) is 4.98. The van der Waals surface area contributed by atoms with Crippen molar-refractivity contribution in [2.24, 2.45) is 5.92 Å². The molecule has 2 N–H and O–H groups in total. The number of aromatic nitrogens is 2. The summed E-state index contributed by atoms with van der Waals surface area (Å²) in [5, 5.41) is 7.43. The van der Waals surface area contributed by atoms with Crippen molar-refractivity contribution < 1.29 is 13.2 Å². The summed E-state index contributed by atoms with van der Waals surface area (Å²) >= 11 is 0. The standard InChI is InChI=1S/C20H30N4O3S/c1-13(2)12-24-16(5)18(15(4)22-24)9-10-20(25)21-17-8-7-14(3)19(11-17)23-28(6,26)27/h7-8,11,13,23H,9-10,12H2,1-6H3,(H,21,25). The molecule has 0 bridgehead atoms. The van der Waals surface area contributed by atoms with E-state index in [1.807, 2.05) is 18.5 Å². The van der Waals surface area contributed by atoms with Gasteiger partial charge in [-0.3, -0.25) is 14.2 Å². The van der Waals surface area contributed by atoms with Gasteiger partial charge in [0.15, 0.2) is 0 Å². The molecule has 28 heavy (non-hydrogen) atoms. The fourth-order valence-electron chi connectivity index (χ4n) is 3.09. The van der Waals surface area contributed by atoms with E-state index in [0.29, 0.717) is 30.1 Å². The van der Waals surface area contributed by atoms with Gasteiger partial charge in [0, 0.05) is 24.3 Å². The minimum Gasteiger partial charge on any atom is -0.326 e. The number of rotatable bonds is 8. The van der Waals surface area contributed by atoms with Crippen LogP contribution >= 0.6 is 0 Å². The fourth-order valence-corrected chi connectivity index (χ4v) is 3.71. The summed E-state index contributed by atoms with van der Waals surface area (Å²) in [6.07, 6.45) is 2.04. The predicted octanol–water partition coefficient (Wildman–Crippen LogP) is 3.41. The van der Waals surface area contributed by atoms with Crippen molar-refractivity contribution in [2.75, 3.05) is 16.3 Å². The van der Waals surface area contributed by atoms with Crippen molar-refractivity contribution in [3.8, 4) is 0 Å². The molecule has 0 fully saturated rings. The van der Waals surface area contributed by atoms with Gasteiger partial charge in [-0.05, 0) is 56.4 Å². The first-order valence-corrected chi connectivity index (χ1v) is 11.3. The predicted molar refractivity (Wildman–Crippen MR) is 113 cm³/mol. The van der Waals surface area contributed by atoms with Crippen LogP contribution in [-0.2, 0) is 27.8 Å². The van der Waals surface area contributed by atoms with E-state index in [9.17, 15) is 13.2 Å². The number of benzene rings is 1. The van der Waals surface area contributed by atoms with Crippen LogP contribution in [0.25, 0.3) is 0 Å². The van der Waals surface area contributed by atoms with E-state index in [4.69, 9.17) is 0 Å². The molecule has 1 aromatic carbocycles. The van der Waals surface area contributed by atoms with E-state index in [-0.39, 0.29) is 5.91 Å². The summed E-state index contributed by atoms with van der Waals surface area (Å²) < 4.78 is 27.4. The molecule has 2 rings (SSSR count). The Hall–Kier alpha value is -2.35. The third kappa shape index (κ3) is 6.09. The van der Waals surface area contributed by atoms with Crippen LogP contribution in [0.5, 0.6) is 0 Å². The lowest BCUT2D eigenvalue weighted by Gasteiger charge is -2.11. The molecule has 0 spiro atoms. The summed E-state index contributed by atoms with van der Waals surface area (Å²) in [4.78, 5) is 12.4. The van der Waals surface area contributed by atoms with E-state index in [0.717, 1.165) is 35.3 Å². The molecule has 0 aliphatic carbocycles. The first-order valence-electron chi connectivity index (χ1n) is 9.37. The van der Waals surface area contributed by atoms with E-state index < -0.39 is 10.0 Å². The third-order valence-corrected chi connectivity index (χ3v) is 5.08. The lowest BCUT2D eigenvalue weighted by molar-refractivity contribution is -0.116. The molecule has 0 atom stereocenters. The number of carbonyl (C=O) groups is 1. The molecule has 7 nitrogen and oxygen atoms in total. The number of nitrogens with zero attached hydrogens (tertiary/aromatic N) is 2. The maximum atomic E-state index is 12.4. The van der Waals surface area contributed by atoms with Gasteiger partial charge in [-0.15, -0.1) is 0 Å². The molecular formula is C20H30N4O3S. The van der Waals surface area contributed by atoms with Gasteiger partial charge < -0.3 is 5.32 Å². The van der Waals surface area contributed by atoms with E-state index >= 15 is 0 Å². The van der Waals surface area contributed by atoms with E-state index in [2.05, 4.69) is 29.0 Å². The van der Waals surface area contributed by atoms with Crippen molar-refractivity contribution >= 4 is 27.3 Å². The highest BCUT2D eigenvalue weighted by Gasteiger charge is 2.14. The molecule has 1 heterocycles. The molecule has 8 heteroatoms. The third-order valence-electron chi connectivity index (χ3n) is 4.49. The molecule has 0 saturated heterocycles. The van der Waals surface area contributed by atoms with Crippen molar-refractivity contribution in [3.63, 3.8) is 0 Å². The smallest absolute Gasteiger partial charge is 0.229 e. The molecule has 2 aromatic rings. The van der Waals surface area contributed by atoms with Crippen molar-refractivity contribution in [2.45, 2.75) is 54.0 Å². The second-order valence-corrected chi connectivity index (χ2v) is 9.43. The number of sulfonamides is 1. The second kappa shape index (κ2) is 8.77. The summed E-state index contributed by atoms with van der Waals surface area (Å²) in [6, 6.07) is 5.16. The van der Waals surface area contributed by atoms with E-state index in [1.54, 1.807) is 25.1 Å². The molecule has 0 radical (unpaired) electrons. The second-order valence-electron chi connectivity index (χ2n) is 7.68. The van der Waals surface area contributed by atoms with Gasteiger partial charge in [0.25, 0.3) is 0 Å². The Bertz CT molecular complexity index is 962. The molecule has 154 valence electrons. The number of hydrogen-bond acceptors (Lipinski definition) is 4. The zero-order chi connectivity index (χ0) is 21.1. The summed E-state index contributed by atoms with van der Waals surface area (Å²) in [5.74, 6) is 0.384. The molecule has 0 unspecified atom stereocenters. The van der Waals surface area contributed by atoms with Crippen LogP contribution in [0.1, 0.15) is 42.8 Å². The van der Waals surface area contributed by atoms with Crippen LogP contribution in [-0.4, -0.2) is 30.4 Å². The van der Waals surface area contributed by atoms with Crippen LogP contribution in [0.15, 0.2) is 18.2 Å². The number of carbonyl (C=O) groups excluding carboxylic acids is 1. The van der Waals surface area contributed by atoms with Gasteiger partial charge in [0.1, 0.15) is 0 Å². The maximum absolute atomic E-state index is 12.4. The SMILES string of the molecule is Cc1ccc(NC(=O)CCc2c(C)nn(CC(C)C)c2C)cc1NS(C)(=O)=O. The summed E-state index contributed by atoms with van der Waals surface area (Å²) in [7, 11) is -3.38. The zero-order valence-corrected chi connectivity index (χ0v) is 18.3. The molecular weight excluding hydrogens is 376 g/mol. The first-order chi connectivity index (χ1) is 13.0. The number of aryl methyl sites for hydroxylation is 2. The van der Waals surface area contributed by atoms with Crippen LogP contribution in [0, 0.1) is 26.7 Å². The largest absolute Gasteiger partial charge is 0.326 e. The van der Waals surface area contributed by atoms with Crippen LogP contribution in [0.2, 0.25) is 0 Å². The Balaban J connectivity index is 2.04. The van der Waals surface area contributed by atoms with Gasteiger partial charge in [-0.1, -0.05) is 19.9 Å². The number of nitrogens with one attached hydrogen (secondary N) is 2. The lowest BCUT2D eigenvalue weighted by Crippen LogP contribution is -2.14. The first kappa shape index (κ1) is 21.9. The van der Waals surface area contributed by atoms with Gasteiger partial charge in [-0.2, -0.15) is 5.10 Å². The van der Waals surface area contributed by atoms with E-state index in [1.165, 1.54) is 0 Å². The Kier molecular flexibility index (Phi) is 6.87. The molecule has 1 aromatic heterocycles. The topological polar surface area (TPSA) is 93.1 Å². The normalized spacial score (nSPS) is 11.7. The Morgan fingerprint density at radius 3 is 2.50 bits per heavy atom. The Morgan fingerprint density at radius 2 is 1.89 bits per heavy atom. The van der Waals surface area contributed by atoms with Gasteiger partial charge in [0.05, 0.1) is 17.6 Å². The Morgan fingerprint density at radius 1 is 1.21 bits per heavy atom. The minimum absolute atomic E-state index is 0.121. The zero-order valence-electron chi connectivity index (χ0n) is 17.5. The monoisotopic (exact) mass is 406 g/mol. The van der Waals surface area contributed by atoms with Crippen molar-refractivity contribution in [1.82, 2.24) is 9.78 Å². The fraction of sp³-hybridized carbons (Fsp3) is 0.500.